The summed E-state index contributed by atoms with van der Waals surface area (Å²) >= 11 is 7.60. The second-order valence-corrected chi connectivity index (χ2v) is 9.94. The number of carbonyl (C=O) groups is 2. The van der Waals surface area contributed by atoms with Crippen LogP contribution >= 0.6 is 22.9 Å². The van der Waals surface area contributed by atoms with Gasteiger partial charge in [0, 0.05) is 25.0 Å². The van der Waals surface area contributed by atoms with Crippen LogP contribution in [-0.2, 0) is 30.8 Å². The summed E-state index contributed by atoms with van der Waals surface area (Å²) in [5.41, 5.74) is -0.111. The molecular weight excluding hydrogens is 452 g/mol. The summed E-state index contributed by atoms with van der Waals surface area (Å²) in [4.78, 5) is 27.1. The molecule has 0 N–H and O–H groups in total. The van der Waals surface area contributed by atoms with E-state index in [4.69, 9.17) is 21.1 Å². The van der Waals surface area contributed by atoms with Gasteiger partial charge >= 0.3 is 5.97 Å². The molecule has 0 radical (unpaired) electrons. The Labute approximate surface area is 184 Å². The maximum Gasteiger partial charge on any atom is 0.340 e. The second-order valence-electron chi connectivity index (χ2n) is 6.56. The predicted octanol–water partition coefficient (Wildman–Crippen LogP) is 2.24. The molecule has 1 amide bonds. The fourth-order valence-electron chi connectivity index (χ4n) is 2.80. The van der Waals surface area contributed by atoms with Crippen molar-refractivity contribution in [2.45, 2.75) is 11.4 Å². The Morgan fingerprint density at radius 2 is 2.00 bits per heavy atom. The van der Waals surface area contributed by atoms with E-state index in [1.165, 1.54) is 38.7 Å². The van der Waals surface area contributed by atoms with Crippen molar-refractivity contribution < 1.29 is 27.5 Å². The molecule has 1 aliphatic rings. The summed E-state index contributed by atoms with van der Waals surface area (Å²) in [6, 6.07) is 7.63. The zero-order valence-electron chi connectivity index (χ0n) is 16.2. The summed E-state index contributed by atoms with van der Waals surface area (Å²) in [7, 11) is -2.19. The number of hydrogen-bond donors (Lipinski definition) is 0. The summed E-state index contributed by atoms with van der Waals surface area (Å²) in [5.74, 6) is -1.25. The van der Waals surface area contributed by atoms with E-state index in [9.17, 15) is 18.0 Å². The zero-order chi connectivity index (χ0) is 21.7. The molecule has 1 saturated heterocycles. The van der Waals surface area contributed by atoms with Gasteiger partial charge in [0.05, 0.1) is 35.2 Å². The third-order valence-corrected chi connectivity index (χ3v) is 7.58. The van der Waals surface area contributed by atoms with Gasteiger partial charge in [-0.1, -0.05) is 17.7 Å². The number of carbonyl (C=O) groups excluding carboxylic acids is 2. The van der Waals surface area contributed by atoms with E-state index >= 15 is 0 Å². The van der Waals surface area contributed by atoms with E-state index in [0.717, 1.165) is 4.88 Å². The van der Waals surface area contributed by atoms with Crippen LogP contribution in [-0.4, -0.2) is 69.5 Å². The normalized spacial score (nSPS) is 15.0. The van der Waals surface area contributed by atoms with Gasteiger partial charge in [-0.15, -0.1) is 11.3 Å². The van der Waals surface area contributed by atoms with Crippen LogP contribution in [0.5, 0.6) is 0 Å². The Bertz CT molecular complexity index is 1000. The lowest BCUT2D eigenvalue weighted by molar-refractivity contribution is -0.133. The molecule has 1 aromatic heterocycles. The van der Waals surface area contributed by atoms with E-state index in [1.807, 2.05) is 17.5 Å². The van der Waals surface area contributed by atoms with Crippen molar-refractivity contribution in [2.24, 2.45) is 0 Å². The molecular formula is C19H21ClN2O6S2. The van der Waals surface area contributed by atoms with E-state index in [2.05, 4.69) is 0 Å². The minimum Gasteiger partial charge on any atom is -0.452 e. The number of esters is 1. The molecule has 0 spiro atoms. The van der Waals surface area contributed by atoms with Crippen LogP contribution in [0.3, 0.4) is 0 Å². The smallest absolute Gasteiger partial charge is 0.340 e. The molecule has 0 unspecified atom stereocenters. The number of benzene rings is 1. The summed E-state index contributed by atoms with van der Waals surface area (Å²) < 4.78 is 37.1. The maximum absolute atomic E-state index is 12.8. The quantitative estimate of drug-likeness (QED) is 0.574. The number of nitrogens with zero attached hydrogens (tertiary/aromatic N) is 2. The summed E-state index contributed by atoms with van der Waals surface area (Å²) in [6.45, 7) is 1.01. The number of hydrogen-bond acceptors (Lipinski definition) is 7. The van der Waals surface area contributed by atoms with Crippen molar-refractivity contribution >= 4 is 44.8 Å². The number of thiophene rings is 1. The minimum absolute atomic E-state index is 0.0420. The standard InChI is InChI=1S/C19H21ClN2O6S2/c1-21(12-14-3-2-10-29-14)18(23)13-28-19(24)16-11-15(4-5-17(16)20)30(25,26)22-6-8-27-9-7-22/h2-5,10-11H,6-9,12-13H2,1H3. The zero-order valence-corrected chi connectivity index (χ0v) is 18.6. The molecule has 1 aliphatic heterocycles. The molecule has 2 aromatic rings. The molecule has 11 heteroatoms. The molecule has 0 atom stereocenters. The van der Waals surface area contributed by atoms with Crippen LogP contribution in [0.2, 0.25) is 5.02 Å². The molecule has 8 nitrogen and oxygen atoms in total. The maximum atomic E-state index is 12.8. The molecule has 1 aromatic carbocycles. The first-order valence-corrected chi connectivity index (χ1v) is 11.8. The first-order valence-electron chi connectivity index (χ1n) is 9.10. The average Bonchev–Trinajstić information content (AvgIpc) is 3.25. The van der Waals surface area contributed by atoms with Gasteiger partial charge in [0.1, 0.15) is 0 Å². The SMILES string of the molecule is CN(Cc1cccs1)C(=O)COC(=O)c1cc(S(=O)(=O)N2CCOCC2)ccc1Cl. The molecule has 162 valence electrons. The van der Waals surface area contributed by atoms with Gasteiger partial charge in [0.15, 0.2) is 6.61 Å². The number of amides is 1. The fourth-order valence-corrected chi connectivity index (χ4v) is 5.18. The number of likely N-dealkylation sites (N-methyl/N-ethyl adjacent to an activating group) is 1. The highest BCUT2D eigenvalue weighted by molar-refractivity contribution is 7.89. The topological polar surface area (TPSA) is 93.2 Å². The molecule has 1 fully saturated rings. The van der Waals surface area contributed by atoms with E-state index in [0.29, 0.717) is 19.8 Å². The van der Waals surface area contributed by atoms with Gasteiger partial charge in [-0.2, -0.15) is 4.31 Å². The lowest BCUT2D eigenvalue weighted by Gasteiger charge is -2.26. The van der Waals surface area contributed by atoms with E-state index in [-0.39, 0.29) is 34.5 Å². The fraction of sp³-hybridized carbons (Fsp3) is 0.368. The Morgan fingerprint density at radius 1 is 1.27 bits per heavy atom. The molecule has 0 bridgehead atoms. The van der Waals surface area contributed by atoms with Crippen molar-refractivity contribution in [3.05, 3.63) is 51.2 Å². The molecule has 2 heterocycles. The van der Waals surface area contributed by atoms with E-state index < -0.39 is 22.6 Å². The second kappa shape index (κ2) is 9.88. The van der Waals surface area contributed by atoms with Crippen LogP contribution in [0.15, 0.2) is 40.6 Å². The number of morpholine rings is 1. The lowest BCUT2D eigenvalue weighted by atomic mass is 10.2. The van der Waals surface area contributed by atoms with Gasteiger partial charge in [-0.3, -0.25) is 4.79 Å². The lowest BCUT2D eigenvalue weighted by Crippen LogP contribution is -2.40. The molecule has 0 aliphatic carbocycles. The first kappa shape index (κ1) is 22.7. The number of rotatable bonds is 7. The third kappa shape index (κ3) is 5.38. The van der Waals surface area contributed by atoms with Gasteiger partial charge in [0.25, 0.3) is 5.91 Å². The average molecular weight is 473 g/mol. The van der Waals surface area contributed by atoms with Crippen LogP contribution < -0.4 is 0 Å². The highest BCUT2D eigenvalue weighted by Gasteiger charge is 2.28. The van der Waals surface area contributed by atoms with Crippen molar-refractivity contribution in [3.63, 3.8) is 0 Å². The summed E-state index contributed by atoms with van der Waals surface area (Å²) in [5, 5.41) is 1.95. The van der Waals surface area contributed by atoms with Crippen LogP contribution in [0.25, 0.3) is 0 Å². The van der Waals surface area contributed by atoms with Crippen LogP contribution in [0, 0.1) is 0 Å². The van der Waals surface area contributed by atoms with Crippen LogP contribution in [0.1, 0.15) is 15.2 Å². The molecule has 3 rings (SSSR count). The minimum atomic E-state index is -3.80. The van der Waals surface area contributed by atoms with Crippen molar-refractivity contribution in [3.8, 4) is 0 Å². The first-order chi connectivity index (χ1) is 14.3. The third-order valence-electron chi connectivity index (χ3n) is 4.49. The monoisotopic (exact) mass is 472 g/mol. The number of sulfonamides is 1. The van der Waals surface area contributed by atoms with Crippen molar-refractivity contribution in [1.82, 2.24) is 9.21 Å². The Balaban J connectivity index is 1.66. The largest absolute Gasteiger partial charge is 0.452 e. The Kier molecular flexibility index (Phi) is 7.48. The summed E-state index contributed by atoms with van der Waals surface area (Å²) in [6.07, 6.45) is 0. The van der Waals surface area contributed by atoms with E-state index in [1.54, 1.807) is 7.05 Å². The Hall–Kier alpha value is -1.98. The van der Waals surface area contributed by atoms with Crippen LogP contribution in [0.4, 0.5) is 0 Å². The van der Waals surface area contributed by atoms with Gasteiger partial charge < -0.3 is 14.4 Å². The molecule has 30 heavy (non-hydrogen) atoms. The van der Waals surface area contributed by atoms with Crippen molar-refractivity contribution in [1.29, 1.82) is 0 Å². The van der Waals surface area contributed by atoms with Crippen molar-refractivity contribution in [2.75, 3.05) is 40.0 Å². The highest BCUT2D eigenvalue weighted by atomic mass is 35.5. The Morgan fingerprint density at radius 3 is 2.67 bits per heavy atom. The predicted molar refractivity (Wildman–Crippen MR) is 112 cm³/mol. The number of halogens is 1. The van der Waals surface area contributed by atoms with Gasteiger partial charge in [-0.25, -0.2) is 13.2 Å². The van der Waals surface area contributed by atoms with Gasteiger partial charge in [-0.05, 0) is 29.6 Å². The highest BCUT2D eigenvalue weighted by Crippen LogP contribution is 2.24. The molecule has 0 saturated carbocycles. The van der Waals surface area contributed by atoms with Gasteiger partial charge in [0.2, 0.25) is 10.0 Å². The number of ether oxygens (including phenoxy) is 2.